The number of aliphatic hydroxyl groups is 1. The minimum absolute atomic E-state index is 0.0702. The van der Waals surface area contributed by atoms with E-state index in [1.807, 2.05) is 60.7 Å². The molecule has 4 unspecified atom stereocenters. The standard InChI is InChI=1S/C32H38N10O7/c1-19(43)48-30-27(37-40-34)26(29(45)31(49-20(2)44)28(30)38-41-35)24-15-23(13-14-25(24)36-39-33)17-42(16-21-9-5-3-6-10-21)32(46)47-18-22-11-7-4-8-12-22/h3-12,23-31,45H,13-18H2,1-2H3/t23-,24+,25?,26?,27?,28?,29+,30+,31+/m1/s1. The Morgan fingerprint density at radius 1 is 0.816 bits per heavy atom. The van der Waals surface area contributed by atoms with Crippen molar-refractivity contribution in [2.45, 2.75) is 82.7 Å². The number of hydrogen-bond acceptors (Lipinski definition) is 10. The first-order valence-corrected chi connectivity index (χ1v) is 15.8. The monoisotopic (exact) mass is 674 g/mol. The van der Waals surface area contributed by atoms with Gasteiger partial charge in [0.15, 0.2) is 0 Å². The average Bonchev–Trinajstić information content (AvgIpc) is 3.08. The summed E-state index contributed by atoms with van der Waals surface area (Å²) in [6, 6.07) is 15.2. The molecule has 0 heterocycles. The molecule has 9 atom stereocenters. The Kier molecular flexibility index (Phi) is 13.1. The van der Waals surface area contributed by atoms with Crippen molar-refractivity contribution in [1.82, 2.24) is 4.90 Å². The van der Waals surface area contributed by atoms with Crippen molar-refractivity contribution < 1.29 is 33.7 Å². The summed E-state index contributed by atoms with van der Waals surface area (Å²) in [7, 11) is 0. The van der Waals surface area contributed by atoms with Crippen LogP contribution in [0.5, 0.6) is 0 Å². The first-order valence-electron chi connectivity index (χ1n) is 15.8. The van der Waals surface area contributed by atoms with Crippen LogP contribution in [-0.2, 0) is 37.0 Å². The van der Waals surface area contributed by atoms with Crippen LogP contribution in [0.3, 0.4) is 0 Å². The Hall–Kier alpha value is -5.46. The highest BCUT2D eigenvalue weighted by Gasteiger charge is 2.57. The van der Waals surface area contributed by atoms with E-state index in [1.54, 1.807) is 4.90 Å². The van der Waals surface area contributed by atoms with Crippen molar-refractivity contribution in [3.63, 3.8) is 0 Å². The third-order valence-electron chi connectivity index (χ3n) is 8.93. The maximum absolute atomic E-state index is 13.5. The van der Waals surface area contributed by atoms with Gasteiger partial charge in [-0.3, -0.25) is 9.59 Å². The molecule has 0 aliphatic heterocycles. The van der Waals surface area contributed by atoms with Crippen molar-refractivity contribution in [3.05, 3.63) is 103 Å². The summed E-state index contributed by atoms with van der Waals surface area (Å²) < 4.78 is 16.6. The van der Waals surface area contributed by atoms with Gasteiger partial charge in [-0.05, 0) is 58.8 Å². The number of aliphatic hydroxyl groups excluding tert-OH is 1. The van der Waals surface area contributed by atoms with Crippen LogP contribution in [0.25, 0.3) is 31.3 Å². The molecule has 2 fully saturated rings. The SMILES string of the molecule is CC(=O)O[C@H]1C(N=[N+]=[N-])C([C@H]2C[C@H](CN(Cc3ccccc3)C(=O)OCc3ccccc3)CCC2N=[N+]=[N-])[C@H](O)[C@@H](OC(C)=O)C1N=[N+]=[N-]. The molecule has 2 aromatic carbocycles. The summed E-state index contributed by atoms with van der Waals surface area (Å²) in [6.07, 6.45) is -3.87. The van der Waals surface area contributed by atoms with E-state index < -0.39 is 66.3 Å². The number of rotatable bonds is 12. The third-order valence-corrected chi connectivity index (χ3v) is 8.93. The fraction of sp³-hybridized carbons (Fsp3) is 0.531. The fourth-order valence-corrected chi connectivity index (χ4v) is 6.99. The summed E-state index contributed by atoms with van der Waals surface area (Å²) in [5.41, 5.74) is 30.1. The smallest absolute Gasteiger partial charge is 0.410 e. The Morgan fingerprint density at radius 2 is 1.39 bits per heavy atom. The van der Waals surface area contributed by atoms with Gasteiger partial charge < -0.3 is 24.2 Å². The van der Waals surface area contributed by atoms with E-state index in [2.05, 4.69) is 30.1 Å². The number of carbonyl (C=O) groups excluding carboxylic acids is 3. The van der Waals surface area contributed by atoms with Gasteiger partial charge in [0, 0.05) is 53.6 Å². The molecule has 0 bridgehead atoms. The van der Waals surface area contributed by atoms with Gasteiger partial charge in [0.2, 0.25) is 0 Å². The summed E-state index contributed by atoms with van der Waals surface area (Å²) in [5, 5.41) is 23.4. The molecule has 17 nitrogen and oxygen atoms in total. The maximum atomic E-state index is 13.5. The molecular weight excluding hydrogens is 636 g/mol. The number of amides is 1. The van der Waals surface area contributed by atoms with Crippen LogP contribution in [0.1, 0.15) is 44.2 Å². The molecule has 2 aromatic rings. The van der Waals surface area contributed by atoms with E-state index in [0.717, 1.165) is 25.0 Å². The van der Waals surface area contributed by atoms with Crippen LogP contribution < -0.4 is 0 Å². The fourth-order valence-electron chi connectivity index (χ4n) is 6.99. The molecule has 2 aliphatic carbocycles. The lowest BCUT2D eigenvalue weighted by molar-refractivity contribution is -0.183. The summed E-state index contributed by atoms with van der Waals surface area (Å²) >= 11 is 0. The Morgan fingerprint density at radius 3 is 1.98 bits per heavy atom. The summed E-state index contributed by atoms with van der Waals surface area (Å²) in [5.74, 6) is -3.60. The number of ether oxygens (including phenoxy) is 3. The molecule has 17 heteroatoms. The number of azide groups is 3. The average molecular weight is 675 g/mol. The Balaban J connectivity index is 1.68. The number of carbonyl (C=O) groups is 3. The van der Waals surface area contributed by atoms with E-state index in [0.29, 0.717) is 12.8 Å². The number of nitrogens with zero attached hydrogens (tertiary/aromatic N) is 10. The van der Waals surface area contributed by atoms with Gasteiger partial charge in [-0.15, -0.1) is 0 Å². The molecule has 0 saturated heterocycles. The lowest BCUT2D eigenvalue weighted by Gasteiger charge is -2.50. The maximum Gasteiger partial charge on any atom is 0.410 e. The molecule has 49 heavy (non-hydrogen) atoms. The topological polar surface area (TPSA) is 249 Å². The second-order valence-corrected chi connectivity index (χ2v) is 12.1. The normalized spacial score (nSPS) is 27.5. The highest BCUT2D eigenvalue weighted by atomic mass is 16.6. The van der Waals surface area contributed by atoms with Gasteiger partial charge in [0.05, 0.1) is 12.1 Å². The predicted molar refractivity (Wildman–Crippen MR) is 174 cm³/mol. The molecule has 2 aliphatic rings. The zero-order valence-corrected chi connectivity index (χ0v) is 27.1. The second kappa shape index (κ2) is 17.6. The van der Waals surface area contributed by atoms with Gasteiger partial charge in [-0.2, -0.15) is 0 Å². The zero-order valence-electron chi connectivity index (χ0n) is 27.1. The molecule has 1 N–H and O–H groups in total. The lowest BCUT2D eigenvalue weighted by atomic mass is 9.63. The first kappa shape index (κ1) is 36.4. The van der Waals surface area contributed by atoms with Gasteiger partial charge in [-0.25, -0.2) is 4.79 Å². The highest BCUT2D eigenvalue weighted by Crippen LogP contribution is 2.46. The van der Waals surface area contributed by atoms with Crippen LogP contribution in [0, 0.1) is 17.8 Å². The molecule has 258 valence electrons. The van der Waals surface area contributed by atoms with E-state index in [-0.39, 0.29) is 32.0 Å². The Labute approximate surface area is 282 Å². The first-order chi connectivity index (χ1) is 23.7. The number of benzene rings is 2. The second-order valence-electron chi connectivity index (χ2n) is 12.1. The molecule has 0 spiro atoms. The van der Waals surface area contributed by atoms with E-state index >= 15 is 0 Å². The van der Waals surface area contributed by atoms with Gasteiger partial charge >= 0.3 is 18.0 Å². The van der Waals surface area contributed by atoms with E-state index in [1.165, 1.54) is 0 Å². The summed E-state index contributed by atoms with van der Waals surface area (Å²) in [4.78, 5) is 48.3. The van der Waals surface area contributed by atoms with Crippen molar-refractivity contribution in [1.29, 1.82) is 0 Å². The Bertz CT molecular complexity index is 1600. The van der Waals surface area contributed by atoms with E-state index in [9.17, 15) is 36.1 Å². The minimum Gasteiger partial charge on any atom is -0.462 e. The van der Waals surface area contributed by atoms with Gasteiger partial charge in [0.25, 0.3) is 0 Å². The van der Waals surface area contributed by atoms with Crippen LogP contribution in [0.2, 0.25) is 0 Å². The van der Waals surface area contributed by atoms with Gasteiger partial charge in [-0.1, -0.05) is 76.0 Å². The van der Waals surface area contributed by atoms with Crippen LogP contribution in [-0.4, -0.2) is 71.0 Å². The molecule has 0 aromatic heterocycles. The zero-order chi connectivity index (χ0) is 35.3. The quantitative estimate of drug-likeness (QED) is 0.0905. The number of hydrogen-bond donors (Lipinski definition) is 1. The molecule has 1 amide bonds. The van der Waals surface area contributed by atoms with Crippen LogP contribution in [0.4, 0.5) is 4.79 Å². The largest absolute Gasteiger partial charge is 0.462 e. The molecule has 0 radical (unpaired) electrons. The molecule has 4 rings (SSSR count). The molecular formula is C32H38N10O7. The van der Waals surface area contributed by atoms with Crippen molar-refractivity contribution in [2.75, 3.05) is 6.54 Å². The van der Waals surface area contributed by atoms with E-state index in [4.69, 9.17) is 14.2 Å². The van der Waals surface area contributed by atoms with Crippen molar-refractivity contribution >= 4 is 18.0 Å². The number of esters is 2. The third kappa shape index (κ3) is 9.55. The van der Waals surface area contributed by atoms with Crippen LogP contribution in [0.15, 0.2) is 76.0 Å². The van der Waals surface area contributed by atoms with Crippen LogP contribution >= 0.6 is 0 Å². The van der Waals surface area contributed by atoms with Crippen molar-refractivity contribution in [2.24, 2.45) is 33.1 Å². The summed E-state index contributed by atoms with van der Waals surface area (Å²) in [6.45, 7) is 2.77. The lowest BCUT2D eigenvalue weighted by Crippen LogP contribution is -2.64. The highest BCUT2D eigenvalue weighted by molar-refractivity contribution is 5.68. The predicted octanol–water partition coefficient (Wildman–Crippen LogP) is 6.13. The van der Waals surface area contributed by atoms with Gasteiger partial charge in [0.1, 0.15) is 24.9 Å². The minimum atomic E-state index is -1.59. The molecule has 2 saturated carbocycles. The van der Waals surface area contributed by atoms with Crippen molar-refractivity contribution in [3.8, 4) is 0 Å².